The molecule has 2 N–H and O–H groups in total. The number of fused-ring (bicyclic) bond motifs is 1. The quantitative estimate of drug-likeness (QED) is 0.281. The first-order valence-electron chi connectivity index (χ1n) is 8.05. The van der Waals surface area contributed by atoms with Gasteiger partial charge in [0.25, 0.3) is 5.91 Å². The van der Waals surface area contributed by atoms with E-state index in [1.165, 1.54) is 0 Å². The van der Waals surface area contributed by atoms with E-state index >= 15 is 0 Å². The van der Waals surface area contributed by atoms with Crippen LogP contribution in [0.15, 0.2) is 71.1 Å². The number of rotatable bonds is 3. The molecule has 134 valence electrons. The molecule has 0 atom stereocenters. The number of carbonyl (C=O) groups excluding carboxylic acids is 1. The molecule has 2 aromatic heterocycles. The maximum atomic E-state index is 12.4. The Morgan fingerprint density at radius 1 is 1.04 bits per heavy atom. The van der Waals surface area contributed by atoms with Crippen molar-refractivity contribution < 1.29 is 9.21 Å². The van der Waals surface area contributed by atoms with Gasteiger partial charge in [-0.25, -0.2) is 4.68 Å². The molecular weight excluding hydrogens is 380 g/mol. The highest BCUT2D eigenvalue weighted by atomic mass is 32.1. The number of furan rings is 1. The monoisotopic (exact) mass is 394 g/mol. The molecule has 4 aromatic rings. The van der Waals surface area contributed by atoms with Gasteiger partial charge in [-0.3, -0.25) is 15.6 Å². The number of nitrogens with zero attached hydrogens (tertiary/aromatic N) is 2. The highest BCUT2D eigenvalue weighted by Crippen LogP contribution is 2.30. The van der Waals surface area contributed by atoms with E-state index in [0.717, 1.165) is 16.7 Å². The van der Waals surface area contributed by atoms with Crippen molar-refractivity contribution >= 4 is 46.0 Å². The van der Waals surface area contributed by atoms with Crippen LogP contribution in [0.2, 0.25) is 0 Å². The topological polar surface area (TPSA) is 72.1 Å². The molecule has 4 rings (SSSR count). The Kier molecular flexibility index (Phi) is 4.66. The molecular formula is C19H14N4O2S2. The van der Waals surface area contributed by atoms with Gasteiger partial charge in [-0.05, 0) is 24.3 Å². The van der Waals surface area contributed by atoms with Crippen LogP contribution in [-0.4, -0.2) is 20.0 Å². The molecule has 0 aliphatic heterocycles. The van der Waals surface area contributed by atoms with Crippen LogP contribution in [0, 0.1) is 0 Å². The minimum Gasteiger partial charge on any atom is -0.454 e. The Hall–Kier alpha value is -3.10. The first-order valence-corrected chi connectivity index (χ1v) is 8.91. The fourth-order valence-electron chi connectivity index (χ4n) is 2.72. The second kappa shape index (κ2) is 7.26. The van der Waals surface area contributed by atoms with Crippen molar-refractivity contribution in [3.63, 3.8) is 0 Å². The molecule has 1 amide bonds. The lowest BCUT2D eigenvalue weighted by Crippen LogP contribution is -2.39. The first-order chi connectivity index (χ1) is 13.1. The molecule has 0 spiro atoms. The Morgan fingerprint density at radius 2 is 1.78 bits per heavy atom. The lowest BCUT2D eigenvalue weighted by molar-refractivity contribution is 0.0939. The number of para-hydroxylation sites is 2. The number of amides is 1. The number of hydrogen-bond acceptors (Lipinski definition) is 4. The second-order valence-electron chi connectivity index (χ2n) is 5.69. The molecule has 0 aliphatic rings. The number of thiol groups is 1. The molecule has 0 bridgehead atoms. The molecule has 8 heteroatoms. The van der Waals surface area contributed by atoms with Gasteiger partial charge >= 0.3 is 0 Å². The molecule has 0 radical (unpaired) electrons. The van der Waals surface area contributed by atoms with Crippen molar-refractivity contribution in [1.82, 2.24) is 20.6 Å². The number of hydrogen-bond donors (Lipinski definition) is 3. The molecule has 0 fully saturated rings. The van der Waals surface area contributed by atoms with E-state index in [1.807, 2.05) is 60.7 Å². The van der Waals surface area contributed by atoms with Crippen LogP contribution in [0.5, 0.6) is 0 Å². The van der Waals surface area contributed by atoms with E-state index in [-0.39, 0.29) is 10.0 Å². The van der Waals surface area contributed by atoms with Gasteiger partial charge in [0.2, 0.25) is 0 Å². The van der Waals surface area contributed by atoms with E-state index in [9.17, 15) is 4.79 Å². The van der Waals surface area contributed by atoms with Crippen LogP contribution in [0.3, 0.4) is 0 Å². The predicted molar refractivity (Wildman–Crippen MR) is 111 cm³/mol. The Balaban J connectivity index is 1.81. The zero-order valence-electron chi connectivity index (χ0n) is 13.9. The van der Waals surface area contributed by atoms with Crippen LogP contribution in [-0.2, 0) is 0 Å². The van der Waals surface area contributed by atoms with Crippen molar-refractivity contribution in [3.8, 4) is 17.1 Å². The van der Waals surface area contributed by atoms with Crippen LogP contribution in [0.1, 0.15) is 10.5 Å². The Bertz CT molecular complexity index is 1100. The summed E-state index contributed by atoms with van der Waals surface area (Å²) < 4.78 is 7.79. The average molecular weight is 394 g/mol. The number of thiocarbonyl (C=S) groups is 1. The summed E-state index contributed by atoms with van der Waals surface area (Å²) in [5, 5.41) is 5.41. The number of benzene rings is 2. The van der Waals surface area contributed by atoms with Crippen LogP contribution in [0.4, 0.5) is 0 Å². The molecule has 0 aliphatic carbocycles. The Morgan fingerprint density at radius 3 is 2.52 bits per heavy atom. The standard InChI is InChI=1S/C19H14N4O2S2/c24-18(20-21-19(26)27)14-11-15(23(22-14)13-7-2-1-3-8-13)17-10-12-6-4-5-9-16(12)25-17/h1-11H,(H,20,24)(H2,21,26,27). The van der Waals surface area contributed by atoms with Crippen molar-refractivity contribution in [2.45, 2.75) is 0 Å². The summed E-state index contributed by atoms with van der Waals surface area (Å²) in [7, 11) is 0. The fraction of sp³-hybridized carbons (Fsp3) is 0. The zero-order chi connectivity index (χ0) is 18.8. The van der Waals surface area contributed by atoms with Gasteiger partial charge in [0, 0.05) is 11.5 Å². The third kappa shape index (κ3) is 3.57. The Labute approximate surface area is 165 Å². The SMILES string of the molecule is O=C(NNC(=S)S)c1cc(-c2cc3ccccc3o2)n(-c2ccccc2)n1. The van der Waals surface area contributed by atoms with Gasteiger partial charge in [-0.1, -0.05) is 48.6 Å². The van der Waals surface area contributed by atoms with E-state index in [2.05, 4.69) is 28.6 Å². The minimum absolute atomic E-state index is 0.156. The summed E-state index contributed by atoms with van der Waals surface area (Å²) in [5.74, 6) is 0.183. The van der Waals surface area contributed by atoms with Gasteiger partial charge in [0.15, 0.2) is 11.5 Å². The number of aromatic nitrogens is 2. The maximum Gasteiger partial charge on any atom is 0.290 e. The summed E-state index contributed by atoms with van der Waals surface area (Å²) in [6.07, 6.45) is 0. The molecule has 2 heterocycles. The van der Waals surface area contributed by atoms with E-state index in [1.54, 1.807) is 10.7 Å². The molecule has 27 heavy (non-hydrogen) atoms. The van der Waals surface area contributed by atoms with Crippen molar-refractivity contribution in [3.05, 3.63) is 72.4 Å². The highest BCUT2D eigenvalue weighted by molar-refractivity contribution is 8.11. The molecule has 0 unspecified atom stereocenters. The van der Waals surface area contributed by atoms with Gasteiger partial charge in [0.05, 0.1) is 5.69 Å². The van der Waals surface area contributed by atoms with Crippen LogP contribution < -0.4 is 10.9 Å². The lowest BCUT2D eigenvalue weighted by Gasteiger charge is -2.05. The summed E-state index contributed by atoms with van der Waals surface area (Å²) in [4.78, 5) is 12.4. The van der Waals surface area contributed by atoms with Crippen molar-refractivity contribution in [2.24, 2.45) is 0 Å². The number of nitrogens with one attached hydrogen (secondary N) is 2. The molecule has 0 saturated carbocycles. The van der Waals surface area contributed by atoms with E-state index in [0.29, 0.717) is 11.5 Å². The third-order valence-corrected chi connectivity index (χ3v) is 4.12. The summed E-state index contributed by atoms with van der Waals surface area (Å²) in [5.41, 5.74) is 7.40. The van der Waals surface area contributed by atoms with Crippen molar-refractivity contribution in [2.75, 3.05) is 0 Å². The van der Waals surface area contributed by atoms with Gasteiger partial charge in [-0.15, -0.1) is 12.6 Å². The molecule has 0 saturated heterocycles. The number of carbonyl (C=O) groups is 1. The van der Waals surface area contributed by atoms with Gasteiger partial charge in [-0.2, -0.15) is 5.10 Å². The zero-order valence-corrected chi connectivity index (χ0v) is 15.6. The highest BCUT2D eigenvalue weighted by Gasteiger charge is 2.19. The largest absolute Gasteiger partial charge is 0.454 e. The summed E-state index contributed by atoms with van der Waals surface area (Å²) >= 11 is 8.70. The molecule has 2 aromatic carbocycles. The average Bonchev–Trinajstić information content (AvgIpc) is 3.31. The first kappa shape index (κ1) is 17.3. The van der Waals surface area contributed by atoms with Gasteiger partial charge in [0.1, 0.15) is 15.6 Å². The maximum absolute atomic E-state index is 12.4. The fourth-order valence-corrected chi connectivity index (χ4v) is 2.82. The van der Waals surface area contributed by atoms with Gasteiger partial charge < -0.3 is 4.42 Å². The van der Waals surface area contributed by atoms with Crippen LogP contribution in [0.25, 0.3) is 28.1 Å². The van der Waals surface area contributed by atoms with Crippen molar-refractivity contribution in [1.29, 1.82) is 0 Å². The summed E-state index contributed by atoms with van der Waals surface area (Å²) in [6.45, 7) is 0. The smallest absolute Gasteiger partial charge is 0.290 e. The normalized spacial score (nSPS) is 10.7. The summed E-state index contributed by atoms with van der Waals surface area (Å²) in [6, 6.07) is 20.8. The van der Waals surface area contributed by atoms with E-state index in [4.69, 9.17) is 16.6 Å². The molecule has 6 nitrogen and oxygen atoms in total. The third-order valence-electron chi connectivity index (χ3n) is 3.90. The minimum atomic E-state index is -0.432. The number of hydrazine groups is 1. The lowest BCUT2D eigenvalue weighted by atomic mass is 10.2. The van der Waals surface area contributed by atoms with Crippen LogP contribution >= 0.6 is 24.8 Å². The predicted octanol–water partition coefficient (Wildman–Crippen LogP) is 3.73. The second-order valence-corrected chi connectivity index (χ2v) is 6.85. The van der Waals surface area contributed by atoms with E-state index < -0.39 is 5.91 Å².